The fraction of sp³-hybridized carbons (Fsp3) is 0.833. The fourth-order valence-electron chi connectivity index (χ4n) is 2.00. The lowest BCUT2D eigenvalue weighted by Gasteiger charge is -2.16. The van der Waals surface area contributed by atoms with Gasteiger partial charge in [-0.25, -0.2) is 4.79 Å². The van der Waals surface area contributed by atoms with Crippen LogP contribution in [-0.4, -0.2) is 30.6 Å². The SMILES string of the molecule is CC/C=C\CCCCOC(CCCC)C(=O)OCCCCBr. The number of ether oxygens (including phenoxy) is 2. The topological polar surface area (TPSA) is 35.5 Å². The zero-order valence-electron chi connectivity index (χ0n) is 14.3. The van der Waals surface area contributed by atoms with Crippen LogP contribution in [0.2, 0.25) is 0 Å². The second-order valence-corrected chi connectivity index (χ2v) is 6.23. The highest BCUT2D eigenvalue weighted by atomic mass is 79.9. The Balaban J connectivity index is 3.89. The first kappa shape index (κ1) is 21.6. The number of halogens is 1. The van der Waals surface area contributed by atoms with Gasteiger partial charge in [0.1, 0.15) is 0 Å². The predicted octanol–water partition coefficient (Wildman–Crippen LogP) is 5.42. The normalized spacial score (nSPS) is 12.7. The van der Waals surface area contributed by atoms with Gasteiger partial charge in [-0.05, 0) is 44.9 Å². The number of hydrogen-bond acceptors (Lipinski definition) is 3. The molecule has 0 aliphatic heterocycles. The molecule has 0 spiro atoms. The third-order valence-corrected chi connectivity index (χ3v) is 3.90. The summed E-state index contributed by atoms with van der Waals surface area (Å²) in [5, 5.41) is 0.951. The summed E-state index contributed by atoms with van der Waals surface area (Å²) < 4.78 is 11.1. The van der Waals surface area contributed by atoms with Crippen molar-refractivity contribution in [1.82, 2.24) is 0 Å². The number of alkyl halides is 1. The largest absolute Gasteiger partial charge is 0.464 e. The summed E-state index contributed by atoms with van der Waals surface area (Å²) in [5.41, 5.74) is 0. The average molecular weight is 377 g/mol. The summed E-state index contributed by atoms with van der Waals surface area (Å²) in [6, 6.07) is 0. The Morgan fingerprint density at radius 2 is 1.82 bits per heavy atom. The molecule has 1 atom stereocenters. The van der Waals surface area contributed by atoms with E-state index >= 15 is 0 Å². The molecule has 0 aromatic rings. The standard InChI is InChI=1S/C18H33BrO3/c1-3-5-7-8-9-11-15-21-17(13-6-4-2)18(20)22-16-12-10-14-19/h5,7,17H,3-4,6,8-16H2,1-2H3/b7-5-. The van der Waals surface area contributed by atoms with Crippen molar-refractivity contribution < 1.29 is 14.3 Å². The Morgan fingerprint density at radius 1 is 1.05 bits per heavy atom. The first-order chi connectivity index (χ1) is 10.8. The van der Waals surface area contributed by atoms with Crippen LogP contribution in [0.4, 0.5) is 0 Å². The second-order valence-electron chi connectivity index (χ2n) is 5.44. The van der Waals surface area contributed by atoms with Crippen LogP contribution in [0.3, 0.4) is 0 Å². The Hall–Kier alpha value is -0.350. The molecule has 0 saturated carbocycles. The maximum Gasteiger partial charge on any atom is 0.335 e. The average Bonchev–Trinajstić information content (AvgIpc) is 2.53. The van der Waals surface area contributed by atoms with Crippen LogP contribution in [0.25, 0.3) is 0 Å². The molecule has 4 heteroatoms. The Bertz CT molecular complexity index is 280. The number of unbranched alkanes of at least 4 members (excludes halogenated alkanes) is 4. The Labute approximate surface area is 145 Å². The van der Waals surface area contributed by atoms with E-state index in [-0.39, 0.29) is 12.1 Å². The van der Waals surface area contributed by atoms with E-state index in [4.69, 9.17) is 9.47 Å². The van der Waals surface area contributed by atoms with Crippen molar-refractivity contribution >= 4 is 21.9 Å². The van der Waals surface area contributed by atoms with Gasteiger partial charge in [0.05, 0.1) is 6.61 Å². The van der Waals surface area contributed by atoms with Gasteiger partial charge in [0.25, 0.3) is 0 Å². The minimum absolute atomic E-state index is 0.186. The van der Waals surface area contributed by atoms with Gasteiger partial charge >= 0.3 is 5.97 Å². The van der Waals surface area contributed by atoms with Gasteiger partial charge in [0.2, 0.25) is 0 Å². The van der Waals surface area contributed by atoms with Crippen LogP contribution in [0.1, 0.15) is 71.6 Å². The molecule has 22 heavy (non-hydrogen) atoms. The zero-order chi connectivity index (χ0) is 16.5. The highest BCUT2D eigenvalue weighted by molar-refractivity contribution is 9.09. The van der Waals surface area contributed by atoms with Gasteiger partial charge in [0.15, 0.2) is 6.10 Å². The van der Waals surface area contributed by atoms with Crippen molar-refractivity contribution in [2.24, 2.45) is 0 Å². The van der Waals surface area contributed by atoms with Crippen LogP contribution >= 0.6 is 15.9 Å². The van der Waals surface area contributed by atoms with E-state index in [0.717, 1.165) is 63.1 Å². The summed E-state index contributed by atoms with van der Waals surface area (Å²) in [7, 11) is 0. The lowest BCUT2D eigenvalue weighted by molar-refractivity contribution is -0.158. The molecule has 0 bridgehead atoms. The van der Waals surface area contributed by atoms with E-state index in [9.17, 15) is 4.79 Å². The van der Waals surface area contributed by atoms with Crippen LogP contribution in [-0.2, 0) is 14.3 Å². The van der Waals surface area contributed by atoms with E-state index in [1.807, 2.05) is 0 Å². The number of hydrogen-bond donors (Lipinski definition) is 0. The van der Waals surface area contributed by atoms with Crippen molar-refractivity contribution in [2.45, 2.75) is 77.7 Å². The first-order valence-electron chi connectivity index (χ1n) is 8.75. The van der Waals surface area contributed by atoms with Crippen molar-refractivity contribution in [3.05, 3.63) is 12.2 Å². The molecule has 0 aliphatic rings. The molecule has 0 radical (unpaired) electrons. The monoisotopic (exact) mass is 376 g/mol. The number of esters is 1. The minimum Gasteiger partial charge on any atom is -0.464 e. The van der Waals surface area contributed by atoms with Crippen LogP contribution in [0, 0.1) is 0 Å². The third-order valence-electron chi connectivity index (χ3n) is 3.34. The maximum atomic E-state index is 12.0. The summed E-state index contributed by atoms with van der Waals surface area (Å²) in [5.74, 6) is -0.186. The molecule has 0 aliphatic carbocycles. The van der Waals surface area contributed by atoms with Crippen LogP contribution in [0.15, 0.2) is 12.2 Å². The van der Waals surface area contributed by atoms with E-state index in [1.54, 1.807) is 0 Å². The molecule has 3 nitrogen and oxygen atoms in total. The molecule has 0 fully saturated rings. The van der Waals surface area contributed by atoms with Gasteiger partial charge in [-0.2, -0.15) is 0 Å². The molecular weight excluding hydrogens is 344 g/mol. The second kappa shape index (κ2) is 17.0. The summed E-state index contributed by atoms with van der Waals surface area (Å²) >= 11 is 3.37. The molecule has 0 amide bonds. The van der Waals surface area contributed by atoms with Crippen molar-refractivity contribution in [3.8, 4) is 0 Å². The zero-order valence-corrected chi connectivity index (χ0v) is 15.9. The van der Waals surface area contributed by atoms with Gasteiger partial charge < -0.3 is 9.47 Å². The maximum absolute atomic E-state index is 12.0. The molecule has 130 valence electrons. The van der Waals surface area contributed by atoms with E-state index in [0.29, 0.717) is 13.2 Å². The number of rotatable bonds is 15. The number of carbonyl (C=O) groups is 1. The number of allylic oxidation sites excluding steroid dienone is 2. The first-order valence-corrected chi connectivity index (χ1v) is 9.87. The predicted molar refractivity (Wildman–Crippen MR) is 96.5 cm³/mol. The van der Waals surface area contributed by atoms with E-state index in [1.165, 1.54) is 0 Å². The van der Waals surface area contributed by atoms with Crippen molar-refractivity contribution in [3.63, 3.8) is 0 Å². The molecule has 1 unspecified atom stereocenters. The van der Waals surface area contributed by atoms with Gasteiger partial charge in [0, 0.05) is 11.9 Å². The summed E-state index contributed by atoms with van der Waals surface area (Å²) in [6.45, 7) is 5.41. The van der Waals surface area contributed by atoms with E-state index in [2.05, 4.69) is 41.9 Å². The minimum atomic E-state index is -0.380. The third kappa shape index (κ3) is 13.3. The fourth-order valence-corrected chi connectivity index (χ4v) is 2.39. The smallest absolute Gasteiger partial charge is 0.335 e. The van der Waals surface area contributed by atoms with Gasteiger partial charge in [-0.15, -0.1) is 0 Å². The molecule has 0 N–H and O–H groups in total. The molecule has 0 aromatic heterocycles. The molecule has 0 saturated heterocycles. The van der Waals surface area contributed by atoms with Crippen LogP contribution in [0.5, 0.6) is 0 Å². The summed E-state index contributed by atoms with van der Waals surface area (Å²) in [6.07, 6.45) is 13.1. The van der Waals surface area contributed by atoms with Crippen LogP contribution < -0.4 is 0 Å². The molecule has 0 heterocycles. The molecule has 0 rings (SSSR count). The molecule has 0 aromatic carbocycles. The number of carbonyl (C=O) groups excluding carboxylic acids is 1. The molecular formula is C18H33BrO3. The highest BCUT2D eigenvalue weighted by Gasteiger charge is 2.19. The quantitative estimate of drug-likeness (QED) is 0.166. The lowest BCUT2D eigenvalue weighted by atomic mass is 10.1. The van der Waals surface area contributed by atoms with Crippen molar-refractivity contribution in [2.75, 3.05) is 18.5 Å². The van der Waals surface area contributed by atoms with Gasteiger partial charge in [-0.1, -0.05) is 54.8 Å². The van der Waals surface area contributed by atoms with Gasteiger partial charge in [-0.3, -0.25) is 0 Å². The summed E-state index contributed by atoms with van der Waals surface area (Å²) in [4.78, 5) is 12.0. The van der Waals surface area contributed by atoms with Crippen molar-refractivity contribution in [1.29, 1.82) is 0 Å². The highest BCUT2D eigenvalue weighted by Crippen LogP contribution is 2.09. The Kier molecular flexibility index (Phi) is 16.7. The van der Waals surface area contributed by atoms with E-state index < -0.39 is 0 Å². The lowest BCUT2D eigenvalue weighted by Crippen LogP contribution is -2.27. The Morgan fingerprint density at radius 3 is 2.50 bits per heavy atom.